The lowest BCUT2D eigenvalue weighted by Crippen LogP contribution is -2.10. The van der Waals surface area contributed by atoms with Gasteiger partial charge in [0.15, 0.2) is 0 Å². The number of aromatic hydroxyl groups is 1. The van der Waals surface area contributed by atoms with Crippen molar-refractivity contribution in [2.45, 2.75) is 25.2 Å². The van der Waals surface area contributed by atoms with E-state index in [9.17, 15) is 5.11 Å². The van der Waals surface area contributed by atoms with E-state index in [0.29, 0.717) is 11.6 Å². The molecule has 0 unspecified atom stereocenters. The summed E-state index contributed by atoms with van der Waals surface area (Å²) in [4.78, 5) is 11.9. The highest BCUT2D eigenvalue weighted by molar-refractivity contribution is 6.21. The zero-order valence-electron chi connectivity index (χ0n) is 11.0. The predicted molar refractivity (Wildman–Crippen MR) is 79.3 cm³/mol. The average molecular weight is 265 g/mol. The summed E-state index contributed by atoms with van der Waals surface area (Å²) >= 11 is 0. The number of aliphatic imine (C=N–C) groups is 1. The first-order valence-electron chi connectivity index (χ1n) is 6.95. The van der Waals surface area contributed by atoms with E-state index in [4.69, 9.17) is 0 Å². The lowest BCUT2D eigenvalue weighted by Gasteiger charge is -2.22. The molecule has 0 bridgehead atoms. The molecule has 1 aromatic heterocycles. The van der Waals surface area contributed by atoms with Crippen LogP contribution in [0.4, 0.5) is 5.69 Å². The third-order valence-electron chi connectivity index (χ3n) is 4.08. The maximum atomic E-state index is 9.98. The molecule has 1 aliphatic heterocycles. The van der Waals surface area contributed by atoms with Gasteiger partial charge in [0.2, 0.25) is 5.88 Å². The van der Waals surface area contributed by atoms with Crippen LogP contribution in [0.2, 0.25) is 0 Å². The SMILES string of the molecule is Oc1nc(C2CCC2)[nH]c1/C=C1\C=Nc2ccccc21. The molecule has 2 heterocycles. The Bertz CT molecular complexity index is 723. The topological polar surface area (TPSA) is 61.3 Å². The molecule has 1 aromatic carbocycles. The molecule has 4 rings (SSSR count). The van der Waals surface area contributed by atoms with Crippen molar-refractivity contribution in [3.8, 4) is 5.88 Å². The van der Waals surface area contributed by atoms with E-state index >= 15 is 0 Å². The summed E-state index contributed by atoms with van der Waals surface area (Å²) in [6, 6.07) is 7.99. The van der Waals surface area contributed by atoms with E-state index in [0.717, 1.165) is 35.5 Å². The third kappa shape index (κ3) is 1.76. The highest BCUT2D eigenvalue weighted by Crippen LogP contribution is 2.37. The van der Waals surface area contributed by atoms with Gasteiger partial charge in [-0.2, -0.15) is 4.98 Å². The maximum Gasteiger partial charge on any atom is 0.237 e. The maximum absolute atomic E-state index is 9.98. The molecular weight excluding hydrogens is 250 g/mol. The van der Waals surface area contributed by atoms with E-state index in [-0.39, 0.29) is 5.88 Å². The summed E-state index contributed by atoms with van der Waals surface area (Å²) in [5.74, 6) is 1.47. The quantitative estimate of drug-likeness (QED) is 0.870. The van der Waals surface area contributed by atoms with Crippen LogP contribution >= 0.6 is 0 Å². The van der Waals surface area contributed by atoms with Gasteiger partial charge in [-0.25, -0.2) is 0 Å². The van der Waals surface area contributed by atoms with Gasteiger partial charge in [-0.3, -0.25) is 4.99 Å². The number of nitrogens with zero attached hydrogens (tertiary/aromatic N) is 2. The number of H-pyrrole nitrogens is 1. The smallest absolute Gasteiger partial charge is 0.237 e. The summed E-state index contributed by atoms with van der Waals surface area (Å²) in [7, 11) is 0. The van der Waals surface area contributed by atoms with Gasteiger partial charge in [0, 0.05) is 23.3 Å². The van der Waals surface area contributed by atoms with Crippen LogP contribution in [0.1, 0.15) is 42.3 Å². The van der Waals surface area contributed by atoms with Gasteiger partial charge in [0.05, 0.1) is 5.69 Å². The van der Waals surface area contributed by atoms with Crippen molar-refractivity contribution in [1.82, 2.24) is 9.97 Å². The number of aromatic amines is 1. The molecule has 1 fully saturated rings. The number of nitrogens with one attached hydrogen (secondary N) is 1. The van der Waals surface area contributed by atoms with Gasteiger partial charge in [-0.1, -0.05) is 24.6 Å². The van der Waals surface area contributed by atoms with Crippen LogP contribution < -0.4 is 0 Å². The number of hydrogen-bond donors (Lipinski definition) is 2. The first-order chi connectivity index (χ1) is 9.81. The largest absolute Gasteiger partial charge is 0.492 e. The van der Waals surface area contributed by atoms with Gasteiger partial charge < -0.3 is 10.1 Å². The number of rotatable bonds is 2. The Labute approximate surface area is 116 Å². The molecule has 0 atom stereocenters. The van der Waals surface area contributed by atoms with Crippen molar-refractivity contribution >= 4 is 23.6 Å². The Balaban J connectivity index is 1.71. The predicted octanol–water partition coefficient (Wildman–Crippen LogP) is 3.64. The number of hydrogen-bond acceptors (Lipinski definition) is 3. The van der Waals surface area contributed by atoms with Gasteiger partial charge in [-0.15, -0.1) is 0 Å². The minimum Gasteiger partial charge on any atom is -0.492 e. The first kappa shape index (κ1) is 11.5. The van der Waals surface area contributed by atoms with Crippen molar-refractivity contribution in [1.29, 1.82) is 0 Å². The highest BCUT2D eigenvalue weighted by atomic mass is 16.3. The number of imidazole rings is 1. The molecule has 0 radical (unpaired) electrons. The van der Waals surface area contributed by atoms with Crippen LogP contribution in [-0.4, -0.2) is 21.3 Å². The second-order valence-corrected chi connectivity index (χ2v) is 5.36. The Hall–Kier alpha value is -2.36. The van der Waals surface area contributed by atoms with Gasteiger partial charge in [-0.05, 0) is 25.0 Å². The van der Waals surface area contributed by atoms with Crippen LogP contribution in [0.5, 0.6) is 5.88 Å². The highest BCUT2D eigenvalue weighted by Gasteiger charge is 2.24. The molecule has 4 nitrogen and oxygen atoms in total. The molecule has 2 N–H and O–H groups in total. The fourth-order valence-electron chi connectivity index (χ4n) is 2.68. The lowest BCUT2D eigenvalue weighted by atomic mass is 9.85. The zero-order chi connectivity index (χ0) is 13.5. The lowest BCUT2D eigenvalue weighted by molar-refractivity contribution is 0.398. The van der Waals surface area contributed by atoms with Crippen molar-refractivity contribution < 1.29 is 5.11 Å². The van der Waals surface area contributed by atoms with E-state index in [2.05, 4.69) is 15.0 Å². The summed E-state index contributed by atoms with van der Waals surface area (Å²) in [6.07, 6.45) is 7.32. The second-order valence-electron chi connectivity index (χ2n) is 5.36. The summed E-state index contributed by atoms with van der Waals surface area (Å²) < 4.78 is 0. The molecule has 0 spiro atoms. The number of para-hydroxylation sites is 1. The Morgan fingerprint density at radius 1 is 1.25 bits per heavy atom. The molecule has 1 aliphatic carbocycles. The minimum atomic E-state index is 0.0807. The van der Waals surface area contributed by atoms with Crippen LogP contribution in [-0.2, 0) is 0 Å². The number of aromatic nitrogens is 2. The van der Waals surface area contributed by atoms with Crippen molar-refractivity contribution in [3.05, 3.63) is 41.3 Å². The first-order valence-corrected chi connectivity index (χ1v) is 6.95. The normalized spacial score (nSPS) is 19.3. The molecule has 2 aliphatic rings. The van der Waals surface area contributed by atoms with Crippen LogP contribution in [0.15, 0.2) is 29.3 Å². The van der Waals surface area contributed by atoms with Crippen LogP contribution in [0, 0.1) is 0 Å². The standard InChI is InChI=1S/C16H15N3O/c20-16-14(18-15(19-16)10-4-3-5-10)8-11-9-17-13-7-2-1-6-12(11)13/h1-2,6-10,20H,3-5H2,(H,18,19)/b11-8+. The Morgan fingerprint density at radius 3 is 2.90 bits per heavy atom. The van der Waals surface area contributed by atoms with Crippen molar-refractivity contribution in [2.75, 3.05) is 0 Å². The van der Waals surface area contributed by atoms with Gasteiger partial charge in [0.1, 0.15) is 11.5 Å². The van der Waals surface area contributed by atoms with Gasteiger partial charge >= 0.3 is 0 Å². The minimum absolute atomic E-state index is 0.0807. The average Bonchev–Trinajstić information content (AvgIpc) is 2.94. The molecule has 20 heavy (non-hydrogen) atoms. The van der Waals surface area contributed by atoms with Crippen molar-refractivity contribution in [3.63, 3.8) is 0 Å². The molecule has 1 saturated carbocycles. The van der Waals surface area contributed by atoms with Crippen LogP contribution in [0.3, 0.4) is 0 Å². The molecule has 0 saturated heterocycles. The molecule has 4 heteroatoms. The monoisotopic (exact) mass is 265 g/mol. The van der Waals surface area contributed by atoms with Gasteiger partial charge in [0.25, 0.3) is 0 Å². The molecule has 2 aromatic rings. The van der Waals surface area contributed by atoms with E-state index in [1.165, 1.54) is 6.42 Å². The van der Waals surface area contributed by atoms with E-state index in [1.54, 1.807) is 0 Å². The van der Waals surface area contributed by atoms with E-state index < -0.39 is 0 Å². The molecule has 0 amide bonds. The fourth-order valence-corrected chi connectivity index (χ4v) is 2.68. The fraction of sp³-hybridized carbons (Fsp3) is 0.250. The zero-order valence-corrected chi connectivity index (χ0v) is 11.0. The third-order valence-corrected chi connectivity index (χ3v) is 4.08. The van der Waals surface area contributed by atoms with Crippen molar-refractivity contribution in [2.24, 2.45) is 4.99 Å². The number of fused-ring (bicyclic) bond motifs is 1. The molecular formula is C16H15N3O. The summed E-state index contributed by atoms with van der Waals surface area (Å²) in [5.41, 5.74) is 3.73. The number of allylic oxidation sites excluding steroid dienone is 1. The van der Waals surface area contributed by atoms with Crippen LogP contribution in [0.25, 0.3) is 11.6 Å². The van der Waals surface area contributed by atoms with E-state index in [1.807, 2.05) is 36.6 Å². The Kier molecular flexibility index (Phi) is 2.49. The summed E-state index contributed by atoms with van der Waals surface area (Å²) in [6.45, 7) is 0. The second kappa shape index (κ2) is 4.34. The molecule has 100 valence electrons. The summed E-state index contributed by atoms with van der Waals surface area (Å²) in [5, 5.41) is 9.98. The Morgan fingerprint density at radius 2 is 2.10 bits per heavy atom. The number of benzene rings is 1.